The number of ether oxygens (including phenoxy) is 1. The molecule has 0 radical (unpaired) electrons. The molecule has 0 unspecified atom stereocenters. The van der Waals surface area contributed by atoms with Crippen LogP contribution in [0, 0.1) is 5.92 Å². The third-order valence-corrected chi connectivity index (χ3v) is 2.85. The molecule has 2 atom stereocenters. The number of rotatable bonds is 3. The van der Waals surface area contributed by atoms with Gasteiger partial charge in [0, 0.05) is 0 Å². The Morgan fingerprint density at radius 2 is 2.20 bits per heavy atom. The maximum atomic E-state index is 13.2. The SMILES string of the molecule is COc1cccc([C@H]2[C@H](CO)C2(F)F)c1. The van der Waals surface area contributed by atoms with Crippen LogP contribution in [0.25, 0.3) is 0 Å². The molecule has 0 aliphatic heterocycles. The van der Waals surface area contributed by atoms with Crippen molar-refractivity contribution in [3.8, 4) is 5.75 Å². The number of halogens is 2. The first kappa shape index (κ1) is 10.4. The van der Waals surface area contributed by atoms with Gasteiger partial charge in [-0.25, -0.2) is 8.78 Å². The molecule has 1 aromatic carbocycles. The standard InChI is InChI=1S/C11H12F2O2/c1-15-8-4-2-3-7(5-8)10-9(6-14)11(10,12)13/h2-5,9-10,14H,6H2,1H3/t9-,10-/m0/s1. The Balaban J connectivity index is 2.24. The predicted molar refractivity (Wildman–Crippen MR) is 51.3 cm³/mol. The van der Waals surface area contributed by atoms with Crippen molar-refractivity contribution in [2.24, 2.45) is 5.92 Å². The van der Waals surface area contributed by atoms with Crippen LogP contribution in [-0.2, 0) is 0 Å². The van der Waals surface area contributed by atoms with Crippen LogP contribution in [0.15, 0.2) is 24.3 Å². The summed E-state index contributed by atoms with van der Waals surface area (Å²) < 4.78 is 31.3. The lowest BCUT2D eigenvalue weighted by Crippen LogP contribution is -1.97. The van der Waals surface area contributed by atoms with Gasteiger partial charge in [-0.2, -0.15) is 0 Å². The number of aliphatic hydroxyl groups excluding tert-OH is 1. The molecule has 1 aromatic rings. The van der Waals surface area contributed by atoms with E-state index in [1.807, 2.05) is 0 Å². The number of alkyl halides is 2. The molecule has 1 N–H and O–H groups in total. The minimum absolute atomic E-state index is 0.477. The summed E-state index contributed by atoms with van der Waals surface area (Å²) in [4.78, 5) is 0. The molecule has 0 saturated heterocycles. The lowest BCUT2D eigenvalue weighted by Gasteiger charge is -2.02. The molecule has 2 nitrogen and oxygen atoms in total. The normalized spacial score (nSPS) is 27.5. The van der Waals surface area contributed by atoms with Gasteiger partial charge in [-0.05, 0) is 17.7 Å². The van der Waals surface area contributed by atoms with Gasteiger partial charge in [0.25, 0.3) is 5.92 Å². The van der Waals surface area contributed by atoms with E-state index < -0.39 is 24.4 Å². The second-order valence-corrected chi connectivity index (χ2v) is 3.72. The van der Waals surface area contributed by atoms with E-state index in [-0.39, 0.29) is 0 Å². The highest BCUT2D eigenvalue weighted by atomic mass is 19.3. The van der Waals surface area contributed by atoms with Crippen LogP contribution in [0.4, 0.5) is 8.78 Å². The highest BCUT2D eigenvalue weighted by Gasteiger charge is 2.68. The van der Waals surface area contributed by atoms with E-state index in [1.54, 1.807) is 24.3 Å². The molecule has 15 heavy (non-hydrogen) atoms. The monoisotopic (exact) mass is 214 g/mol. The van der Waals surface area contributed by atoms with Gasteiger partial charge in [0.05, 0.1) is 25.6 Å². The Morgan fingerprint density at radius 3 is 2.73 bits per heavy atom. The lowest BCUT2D eigenvalue weighted by molar-refractivity contribution is 0.0785. The summed E-state index contributed by atoms with van der Waals surface area (Å²) in [7, 11) is 1.49. The molecule has 0 heterocycles. The van der Waals surface area contributed by atoms with Gasteiger partial charge in [0.15, 0.2) is 0 Å². The first-order chi connectivity index (χ1) is 7.11. The Labute approximate surface area is 86.5 Å². The first-order valence-electron chi connectivity index (χ1n) is 4.74. The summed E-state index contributed by atoms with van der Waals surface area (Å²) in [6.07, 6.45) is 0. The quantitative estimate of drug-likeness (QED) is 0.834. The predicted octanol–water partition coefficient (Wildman–Crippen LogP) is 2.04. The van der Waals surface area contributed by atoms with Crippen molar-refractivity contribution in [3.63, 3.8) is 0 Å². The van der Waals surface area contributed by atoms with Crippen molar-refractivity contribution >= 4 is 0 Å². The second-order valence-electron chi connectivity index (χ2n) is 3.72. The van der Waals surface area contributed by atoms with Crippen molar-refractivity contribution in [1.82, 2.24) is 0 Å². The largest absolute Gasteiger partial charge is 0.497 e. The van der Waals surface area contributed by atoms with Crippen LogP contribution < -0.4 is 4.74 Å². The van der Waals surface area contributed by atoms with Gasteiger partial charge in [0.2, 0.25) is 0 Å². The van der Waals surface area contributed by atoms with Crippen molar-refractivity contribution in [3.05, 3.63) is 29.8 Å². The van der Waals surface area contributed by atoms with Crippen molar-refractivity contribution in [2.45, 2.75) is 11.8 Å². The maximum Gasteiger partial charge on any atom is 0.261 e. The summed E-state index contributed by atoms with van der Waals surface area (Å²) in [5, 5.41) is 8.79. The average Bonchev–Trinajstić information content (AvgIpc) is 2.80. The first-order valence-corrected chi connectivity index (χ1v) is 4.74. The molecule has 82 valence electrons. The van der Waals surface area contributed by atoms with Crippen LogP contribution >= 0.6 is 0 Å². The van der Waals surface area contributed by atoms with Crippen LogP contribution in [0.2, 0.25) is 0 Å². The molecule has 0 amide bonds. The molecule has 0 aromatic heterocycles. The number of hydrogen-bond acceptors (Lipinski definition) is 2. The van der Waals surface area contributed by atoms with E-state index in [0.29, 0.717) is 11.3 Å². The smallest absolute Gasteiger partial charge is 0.261 e. The number of aliphatic hydroxyl groups is 1. The van der Waals surface area contributed by atoms with Gasteiger partial charge in [-0.3, -0.25) is 0 Å². The molecule has 0 spiro atoms. The van der Waals surface area contributed by atoms with Crippen molar-refractivity contribution < 1.29 is 18.6 Å². The summed E-state index contributed by atoms with van der Waals surface area (Å²) in [6.45, 7) is -0.477. The molecule has 0 bridgehead atoms. The van der Waals surface area contributed by atoms with E-state index in [4.69, 9.17) is 9.84 Å². The summed E-state index contributed by atoms with van der Waals surface area (Å²) >= 11 is 0. The van der Waals surface area contributed by atoms with Crippen molar-refractivity contribution in [1.29, 1.82) is 0 Å². The van der Waals surface area contributed by atoms with E-state index in [9.17, 15) is 8.78 Å². The molecule has 4 heteroatoms. The van der Waals surface area contributed by atoms with E-state index in [2.05, 4.69) is 0 Å². The summed E-state index contributed by atoms with van der Waals surface area (Å²) in [5.41, 5.74) is 0.526. The van der Waals surface area contributed by atoms with Crippen molar-refractivity contribution in [2.75, 3.05) is 13.7 Å². The summed E-state index contributed by atoms with van der Waals surface area (Å²) in [6, 6.07) is 6.61. The lowest BCUT2D eigenvalue weighted by atomic mass is 10.1. The third kappa shape index (κ3) is 1.59. The van der Waals surface area contributed by atoms with Gasteiger partial charge < -0.3 is 9.84 Å². The van der Waals surface area contributed by atoms with E-state index in [0.717, 1.165) is 0 Å². The fourth-order valence-electron chi connectivity index (χ4n) is 1.91. The zero-order valence-corrected chi connectivity index (χ0v) is 8.28. The molecule has 1 aliphatic carbocycles. The minimum Gasteiger partial charge on any atom is -0.497 e. The Morgan fingerprint density at radius 1 is 1.47 bits per heavy atom. The maximum absolute atomic E-state index is 13.2. The highest BCUT2D eigenvalue weighted by Crippen LogP contribution is 2.61. The molecule has 2 rings (SSSR count). The number of benzene rings is 1. The minimum atomic E-state index is -2.78. The summed E-state index contributed by atoms with van der Waals surface area (Å²) in [5.74, 6) is -4.02. The average molecular weight is 214 g/mol. The fraction of sp³-hybridized carbons (Fsp3) is 0.455. The Kier molecular flexibility index (Phi) is 2.38. The molecule has 1 fully saturated rings. The van der Waals surface area contributed by atoms with Crippen LogP contribution in [-0.4, -0.2) is 24.7 Å². The Bertz CT molecular complexity index is 365. The van der Waals surface area contributed by atoms with Gasteiger partial charge in [-0.1, -0.05) is 12.1 Å². The molecular weight excluding hydrogens is 202 g/mol. The van der Waals surface area contributed by atoms with Crippen LogP contribution in [0.3, 0.4) is 0 Å². The van der Waals surface area contributed by atoms with Crippen LogP contribution in [0.5, 0.6) is 5.75 Å². The van der Waals surface area contributed by atoms with Gasteiger partial charge >= 0.3 is 0 Å². The fourth-order valence-corrected chi connectivity index (χ4v) is 1.91. The molecular formula is C11H12F2O2. The Hall–Kier alpha value is -1.16. The third-order valence-electron chi connectivity index (χ3n) is 2.85. The molecule has 1 aliphatic rings. The van der Waals surface area contributed by atoms with Gasteiger partial charge in [0.1, 0.15) is 5.75 Å². The van der Waals surface area contributed by atoms with E-state index >= 15 is 0 Å². The molecule has 1 saturated carbocycles. The zero-order valence-electron chi connectivity index (χ0n) is 8.28. The highest BCUT2D eigenvalue weighted by molar-refractivity contribution is 5.37. The van der Waals surface area contributed by atoms with Crippen LogP contribution in [0.1, 0.15) is 11.5 Å². The van der Waals surface area contributed by atoms with E-state index in [1.165, 1.54) is 7.11 Å². The number of hydrogen-bond donors (Lipinski definition) is 1. The second kappa shape index (κ2) is 3.45. The number of methoxy groups -OCH3 is 1. The van der Waals surface area contributed by atoms with Gasteiger partial charge in [-0.15, -0.1) is 0 Å². The topological polar surface area (TPSA) is 29.5 Å². The zero-order chi connectivity index (χ0) is 11.1.